The third-order valence-electron chi connectivity index (χ3n) is 4.04. The molecule has 2 heterocycles. The number of methoxy groups -OCH3 is 3. The van der Waals surface area contributed by atoms with Crippen LogP contribution in [-0.2, 0) is 0 Å². The van der Waals surface area contributed by atoms with Crippen LogP contribution < -0.4 is 24.8 Å². The average Bonchev–Trinajstić information content (AvgIpc) is 3.30. The lowest BCUT2D eigenvalue weighted by molar-refractivity contribution is 0.0954. The van der Waals surface area contributed by atoms with E-state index in [1.807, 2.05) is 6.07 Å². The number of aromatic nitrogens is 4. The van der Waals surface area contributed by atoms with Crippen molar-refractivity contribution in [3.8, 4) is 23.1 Å². The lowest BCUT2D eigenvalue weighted by Gasteiger charge is -2.14. The summed E-state index contributed by atoms with van der Waals surface area (Å²) in [5.74, 6) is 2.29. The Morgan fingerprint density at radius 3 is 2.41 bits per heavy atom. The zero-order chi connectivity index (χ0) is 20.6. The molecule has 0 spiro atoms. The molecular weight excluding hydrogens is 376 g/mol. The Morgan fingerprint density at radius 1 is 1.03 bits per heavy atom. The highest BCUT2D eigenvalue weighted by Gasteiger charge is 2.16. The maximum atomic E-state index is 12.5. The van der Waals surface area contributed by atoms with Crippen molar-refractivity contribution in [2.75, 3.05) is 39.7 Å². The molecule has 0 saturated heterocycles. The standard InChI is InChI=1S/C19H22N6O4/c1-27-14-9-13(10-15(28-2)18(14)29-3)19(26)21-7-6-20-16-11-17(23-12-22-16)25-8-4-5-24-25/h4-5,8-12H,6-7H2,1-3H3,(H,21,26)(H,20,22,23). The first-order chi connectivity index (χ1) is 14.2. The Balaban J connectivity index is 1.57. The Hall–Kier alpha value is -3.82. The normalized spacial score (nSPS) is 10.3. The molecule has 0 aliphatic rings. The van der Waals surface area contributed by atoms with Gasteiger partial charge in [0.05, 0.1) is 21.3 Å². The molecule has 3 aromatic rings. The molecule has 29 heavy (non-hydrogen) atoms. The number of benzene rings is 1. The second kappa shape index (κ2) is 9.40. The van der Waals surface area contributed by atoms with Crippen molar-refractivity contribution in [3.05, 3.63) is 48.5 Å². The molecule has 0 saturated carbocycles. The molecule has 0 aliphatic heterocycles. The van der Waals surface area contributed by atoms with E-state index in [1.54, 1.807) is 35.3 Å². The van der Waals surface area contributed by atoms with Crippen LogP contribution in [0.25, 0.3) is 5.82 Å². The zero-order valence-electron chi connectivity index (χ0n) is 16.4. The molecule has 152 valence electrons. The predicted molar refractivity (Wildman–Crippen MR) is 106 cm³/mol. The molecule has 0 fully saturated rings. The third-order valence-corrected chi connectivity index (χ3v) is 4.04. The molecule has 0 atom stereocenters. The topological polar surface area (TPSA) is 112 Å². The maximum absolute atomic E-state index is 12.5. The van der Waals surface area contributed by atoms with E-state index < -0.39 is 0 Å². The van der Waals surface area contributed by atoms with Crippen LogP contribution in [0.5, 0.6) is 17.2 Å². The minimum absolute atomic E-state index is 0.258. The molecule has 0 radical (unpaired) electrons. The van der Waals surface area contributed by atoms with E-state index in [0.29, 0.717) is 47.5 Å². The van der Waals surface area contributed by atoms with E-state index in [2.05, 4.69) is 25.7 Å². The number of nitrogens with zero attached hydrogens (tertiary/aromatic N) is 4. The summed E-state index contributed by atoms with van der Waals surface area (Å²) in [5.41, 5.74) is 0.405. The highest BCUT2D eigenvalue weighted by atomic mass is 16.5. The van der Waals surface area contributed by atoms with Crippen molar-refractivity contribution in [3.63, 3.8) is 0 Å². The summed E-state index contributed by atoms with van der Waals surface area (Å²) < 4.78 is 17.5. The van der Waals surface area contributed by atoms with Gasteiger partial charge in [-0.05, 0) is 18.2 Å². The lowest BCUT2D eigenvalue weighted by atomic mass is 10.1. The van der Waals surface area contributed by atoms with Crippen molar-refractivity contribution in [1.82, 2.24) is 25.1 Å². The second-order valence-electron chi connectivity index (χ2n) is 5.81. The number of amides is 1. The Bertz CT molecular complexity index is 936. The lowest BCUT2D eigenvalue weighted by Crippen LogP contribution is -2.29. The van der Waals surface area contributed by atoms with Crippen LogP contribution in [-0.4, -0.2) is 60.1 Å². The van der Waals surface area contributed by atoms with Gasteiger partial charge in [-0.3, -0.25) is 4.79 Å². The molecule has 0 bridgehead atoms. The van der Waals surface area contributed by atoms with E-state index in [4.69, 9.17) is 14.2 Å². The van der Waals surface area contributed by atoms with E-state index in [9.17, 15) is 4.79 Å². The van der Waals surface area contributed by atoms with Gasteiger partial charge in [-0.25, -0.2) is 14.6 Å². The molecule has 0 unspecified atom stereocenters. The first-order valence-electron chi connectivity index (χ1n) is 8.80. The van der Waals surface area contributed by atoms with Crippen LogP contribution in [0.2, 0.25) is 0 Å². The van der Waals surface area contributed by atoms with Crippen LogP contribution in [0.1, 0.15) is 10.4 Å². The summed E-state index contributed by atoms with van der Waals surface area (Å²) in [6, 6.07) is 6.79. The van der Waals surface area contributed by atoms with E-state index in [1.165, 1.54) is 27.7 Å². The highest BCUT2D eigenvalue weighted by Crippen LogP contribution is 2.38. The average molecular weight is 398 g/mol. The fourth-order valence-electron chi connectivity index (χ4n) is 2.65. The van der Waals surface area contributed by atoms with E-state index >= 15 is 0 Å². The third kappa shape index (κ3) is 4.72. The van der Waals surface area contributed by atoms with Gasteiger partial charge in [0.25, 0.3) is 5.91 Å². The number of ether oxygens (including phenoxy) is 3. The quantitative estimate of drug-likeness (QED) is 0.522. The van der Waals surface area contributed by atoms with Gasteiger partial charge in [-0.2, -0.15) is 5.10 Å². The largest absolute Gasteiger partial charge is 0.493 e. The van der Waals surface area contributed by atoms with Crippen molar-refractivity contribution >= 4 is 11.7 Å². The fourth-order valence-corrected chi connectivity index (χ4v) is 2.65. The molecule has 3 rings (SSSR count). The van der Waals surface area contributed by atoms with Gasteiger partial charge < -0.3 is 24.8 Å². The summed E-state index contributed by atoms with van der Waals surface area (Å²) in [6.07, 6.45) is 4.92. The smallest absolute Gasteiger partial charge is 0.251 e. The summed E-state index contributed by atoms with van der Waals surface area (Å²) in [5, 5.41) is 10.1. The van der Waals surface area contributed by atoms with Crippen molar-refractivity contribution in [1.29, 1.82) is 0 Å². The van der Waals surface area contributed by atoms with Crippen molar-refractivity contribution in [2.45, 2.75) is 0 Å². The SMILES string of the molecule is COc1cc(C(=O)NCCNc2cc(-n3cccn3)ncn2)cc(OC)c1OC. The van der Waals surface area contributed by atoms with Crippen LogP contribution in [0, 0.1) is 0 Å². The minimum atomic E-state index is -0.258. The molecule has 10 heteroatoms. The van der Waals surface area contributed by atoms with Crippen LogP contribution in [0.4, 0.5) is 5.82 Å². The van der Waals surface area contributed by atoms with Gasteiger partial charge in [0, 0.05) is 37.1 Å². The van der Waals surface area contributed by atoms with E-state index in [-0.39, 0.29) is 5.91 Å². The summed E-state index contributed by atoms with van der Waals surface area (Å²) in [7, 11) is 4.51. The summed E-state index contributed by atoms with van der Waals surface area (Å²) in [6.45, 7) is 0.863. The Morgan fingerprint density at radius 2 is 1.79 bits per heavy atom. The van der Waals surface area contributed by atoms with Crippen LogP contribution in [0.3, 0.4) is 0 Å². The number of nitrogens with one attached hydrogen (secondary N) is 2. The van der Waals surface area contributed by atoms with E-state index in [0.717, 1.165) is 0 Å². The monoisotopic (exact) mass is 398 g/mol. The summed E-state index contributed by atoms with van der Waals surface area (Å²) in [4.78, 5) is 20.8. The van der Waals surface area contributed by atoms with Gasteiger partial charge in [0.2, 0.25) is 5.75 Å². The predicted octanol–water partition coefficient (Wildman–Crippen LogP) is 1.53. The molecule has 1 aromatic carbocycles. The first-order valence-corrected chi connectivity index (χ1v) is 8.80. The number of carbonyl (C=O) groups is 1. The first kappa shape index (κ1) is 19.9. The van der Waals surface area contributed by atoms with Gasteiger partial charge in [0.15, 0.2) is 17.3 Å². The van der Waals surface area contributed by atoms with Gasteiger partial charge >= 0.3 is 0 Å². The van der Waals surface area contributed by atoms with Crippen molar-refractivity contribution in [2.24, 2.45) is 0 Å². The number of anilines is 1. The summed E-state index contributed by atoms with van der Waals surface area (Å²) >= 11 is 0. The molecular formula is C19H22N6O4. The van der Waals surface area contributed by atoms with Crippen LogP contribution >= 0.6 is 0 Å². The Kier molecular flexibility index (Phi) is 6.46. The highest BCUT2D eigenvalue weighted by molar-refractivity contribution is 5.95. The molecule has 10 nitrogen and oxygen atoms in total. The minimum Gasteiger partial charge on any atom is -0.493 e. The molecule has 1 amide bonds. The number of carbonyl (C=O) groups excluding carboxylic acids is 1. The fraction of sp³-hybridized carbons (Fsp3) is 0.263. The molecule has 2 aromatic heterocycles. The Labute approximate surface area is 167 Å². The van der Waals surface area contributed by atoms with Gasteiger partial charge in [0.1, 0.15) is 12.1 Å². The molecule has 2 N–H and O–H groups in total. The number of hydrogen-bond donors (Lipinski definition) is 2. The van der Waals surface area contributed by atoms with Gasteiger partial charge in [-0.15, -0.1) is 0 Å². The molecule has 0 aliphatic carbocycles. The number of rotatable bonds is 9. The zero-order valence-corrected chi connectivity index (χ0v) is 16.4. The van der Waals surface area contributed by atoms with Crippen LogP contribution in [0.15, 0.2) is 43.0 Å². The maximum Gasteiger partial charge on any atom is 0.251 e. The number of hydrogen-bond acceptors (Lipinski definition) is 8. The van der Waals surface area contributed by atoms with Gasteiger partial charge in [-0.1, -0.05) is 0 Å². The van der Waals surface area contributed by atoms with Crippen molar-refractivity contribution < 1.29 is 19.0 Å². The second-order valence-corrected chi connectivity index (χ2v) is 5.81.